The molecule has 1 aromatic heterocycles. The van der Waals surface area contributed by atoms with Crippen LogP contribution in [0.15, 0.2) is 48.8 Å². The first-order valence-corrected chi connectivity index (χ1v) is 9.57. The summed E-state index contributed by atoms with van der Waals surface area (Å²) in [4.78, 5) is 23.7. The molecule has 0 saturated carbocycles. The average Bonchev–Trinajstić information content (AvgIpc) is 2.71. The molecule has 2 aromatic rings. The molecule has 2 saturated heterocycles. The van der Waals surface area contributed by atoms with Crippen molar-refractivity contribution in [1.29, 1.82) is 0 Å². The Morgan fingerprint density at radius 2 is 1.86 bits per heavy atom. The van der Waals surface area contributed by atoms with Gasteiger partial charge in [0.1, 0.15) is 6.10 Å². The summed E-state index contributed by atoms with van der Waals surface area (Å²) >= 11 is 0. The van der Waals surface area contributed by atoms with Crippen molar-refractivity contribution in [3.63, 3.8) is 0 Å². The van der Waals surface area contributed by atoms with Gasteiger partial charge in [0.05, 0.1) is 18.5 Å². The van der Waals surface area contributed by atoms with Crippen LogP contribution < -0.4 is 9.80 Å². The largest absolute Gasteiger partial charge is 0.369 e. The fraction of sp³-hybridized carbons (Fsp3) is 0.429. The van der Waals surface area contributed by atoms with Crippen LogP contribution in [0.5, 0.6) is 0 Å². The number of para-hydroxylation sites is 1. The molecule has 0 bridgehead atoms. The Hall–Kier alpha value is -2.15. The highest BCUT2D eigenvalue weighted by molar-refractivity contribution is 5.97. The van der Waals surface area contributed by atoms with Gasteiger partial charge in [-0.1, -0.05) is 18.2 Å². The van der Waals surface area contributed by atoms with Crippen molar-refractivity contribution in [1.82, 2.24) is 9.88 Å². The molecule has 150 valence electrons. The first-order chi connectivity index (χ1) is 13.2. The molecule has 0 N–H and O–H groups in total. The zero-order chi connectivity index (χ0) is 18.6. The van der Waals surface area contributed by atoms with Crippen molar-refractivity contribution < 1.29 is 9.53 Å². The molecule has 0 radical (unpaired) electrons. The Balaban J connectivity index is 0.00000225. The SMILES string of the molecule is CN1CCN(c2ccccc2CC2OCCN(c3cccnc3)C2=O)CC1.Cl. The fourth-order valence-corrected chi connectivity index (χ4v) is 3.80. The van der Waals surface area contributed by atoms with E-state index in [1.807, 2.05) is 18.2 Å². The van der Waals surface area contributed by atoms with Gasteiger partial charge in [-0.05, 0) is 30.8 Å². The Morgan fingerprint density at radius 3 is 2.61 bits per heavy atom. The van der Waals surface area contributed by atoms with E-state index >= 15 is 0 Å². The third-order valence-electron chi connectivity index (χ3n) is 5.37. The number of carbonyl (C=O) groups excluding carboxylic acids is 1. The van der Waals surface area contributed by atoms with E-state index in [0.29, 0.717) is 19.6 Å². The first-order valence-electron chi connectivity index (χ1n) is 9.57. The molecule has 2 fully saturated rings. The molecular formula is C21H27ClN4O2. The van der Waals surface area contributed by atoms with Gasteiger partial charge >= 0.3 is 0 Å². The predicted octanol–water partition coefficient (Wildman–Crippen LogP) is 2.23. The molecule has 1 aromatic carbocycles. The number of aromatic nitrogens is 1. The zero-order valence-electron chi connectivity index (χ0n) is 16.2. The van der Waals surface area contributed by atoms with E-state index in [9.17, 15) is 4.79 Å². The molecule has 6 nitrogen and oxygen atoms in total. The number of pyridine rings is 1. The molecule has 4 rings (SSSR count). The minimum atomic E-state index is -0.451. The van der Waals surface area contributed by atoms with Crippen LogP contribution in [0.2, 0.25) is 0 Å². The number of morpholine rings is 1. The normalized spacial score (nSPS) is 20.8. The van der Waals surface area contributed by atoms with Gasteiger partial charge in [0.15, 0.2) is 0 Å². The van der Waals surface area contributed by atoms with Gasteiger partial charge in [0.2, 0.25) is 0 Å². The minimum Gasteiger partial charge on any atom is -0.369 e. The highest BCUT2D eigenvalue weighted by atomic mass is 35.5. The second kappa shape index (κ2) is 9.37. The van der Waals surface area contributed by atoms with Gasteiger partial charge in [-0.2, -0.15) is 0 Å². The topological polar surface area (TPSA) is 48.9 Å². The smallest absolute Gasteiger partial charge is 0.256 e. The summed E-state index contributed by atoms with van der Waals surface area (Å²) in [6, 6.07) is 12.2. The number of benzene rings is 1. The lowest BCUT2D eigenvalue weighted by Gasteiger charge is -2.36. The molecule has 2 aliphatic rings. The predicted molar refractivity (Wildman–Crippen MR) is 113 cm³/mol. The molecule has 1 atom stereocenters. The number of rotatable bonds is 4. The number of anilines is 2. The third-order valence-corrected chi connectivity index (χ3v) is 5.37. The summed E-state index contributed by atoms with van der Waals surface area (Å²) in [5.41, 5.74) is 3.23. The maximum Gasteiger partial charge on any atom is 0.256 e. The van der Waals surface area contributed by atoms with E-state index in [1.165, 1.54) is 11.3 Å². The molecule has 28 heavy (non-hydrogen) atoms. The number of ether oxygens (including phenoxy) is 1. The van der Waals surface area contributed by atoms with E-state index < -0.39 is 6.10 Å². The Labute approximate surface area is 172 Å². The van der Waals surface area contributed by atoms with E-state index in [0.717, 1.165) is 31.9 Å². The Bertz CT molecular complexity index is 781. The summed E-state index contributed by atoms with van der Waals surface area (Å²) in [7, 11) is 2.16. The monoisotopic (exact) mass is 402 g/mol. The van der Waals surface area contributed by atoms with Gasteiger partial charge in [-0.3, -0.25) is 9.78 Å². The average molecular weight is 403 g/mol. The van der Waals surface area contributed by atoms with Crippen molar-refractivity contribution in [3.8, 4) is 0 Å². The van der Waals surface area contributed by atoms with E-state index in [4.69, 9.17) is 4.74 Å². The third kappa shape index (κ3) is 4.46. The molecule has 1 unspecified atom stereocenters. The molecular weight excluding hydrogens is 376 g/mol. The number of nitrogens with zero attached hydrogens (tertiary/aromatic N) is 4. The number of carbonyl (C=O) groups is 1. The van der Waals surface area contributed by atoms with Crippen LogP contribution in [0.4, 0.5) is 11.4 Å². The summed E-state index contributed by atoms with van der Waals surface area (Å²) in [5, 5.41) is 0. The van der Waals surface area contributed by atoms with Crippen molar-refractivity contribution in [2.75, 3.05) is 56.2 Å². The van der Waals surface area contributed by atoms with E-state index in [-0.39, 0.29) is 18.3 Å². The lowest BCUT2D eigenvalue weighted by Crippen LogP contribution is -2.49. The Morgan fingerprint density at radius 1 is 1.07 bits per heavy atom. The highest BCUT2D eigenvalue weighted by Crippen LogP contribution is 2.26. The van der Waals surface area contributed by atoms with Crippen LogP contribution in [0.3, 0.4) is 0 Å². The molecule has 2 aliphatic heterocycles. The number of halogens is 1. The van der Waals surface area contributed by atoms with E-state index in [2.05, 4.69) is 40.0 Å². The number of hydrogen-bond donors (Lipinski definition) is 0. The van der Waals surface area contributed by atoms with E-state index in [1.54, 1.807) is 17.3 Å². The van der Waals surface area contributed by atoms with Crippen LogP contribution in [0, 0.1) is 0 Å². The summed E-state index contributed by atoms with van der Waals surface area (Å²) in [5.74, 6) is 0.0161. The molecule has 0 aliphatic carbocycles. The van der Waals surface area contributed by atoms with Crippen LogP contribution in [0.1, 0.15) is 5.56 Å². The standard InChI is InChI=1S/C21H26N4O2.ClH/c1-23-9-11-24(12-10-23)19-7-3-2-5-17(19)15-20-21(26)25(13-14-27-20)18-6-4-8-22-16-18;/h2-8,16,20H,9-15H2,1H3;1H. The second-order valence-electron chi connectivity index (χ2n) is 7.18. The lowest BCUT2D eigenvalue weighted by molar-refractivity contribution is -0.133. The van der Waals surface area contributed by atoms with Crippen molar-refractivity contribution in [3.05, 3.63) is 54.4 Å². The molecule has 1 amide bonds. The minimum absolute atomic E-state index is 0. The fourth-order valence-electron chi connectivity index (χ4n) is 3.80. The summed E-state index contributed by atoms with van der Waals surface area (Å²) in [6.45, 7) is 5.25. The number of likely N-dealkylation sites (N-methyl/N-ethyl adjacent to an activating group) is 1. The van der Waals surface area contributed by atoms with Gasteiger partial charge in [0.25, 0.3) is 5.91 Å². The van der Waals surface area contributed by atoms with Crippen LogP contribution >= 0.6 is 12.4 Å². The van der Waals surface area contributed by atoms with Crippen molar-refractivity contribution >= 4 is 29.7 Å². The molecule has 7 heteroatoms. The van der Waals surface area contributed by atoms with Gasteiger partial charge in [-0.25, -0.2) is 0 Å². The number of hydrogen-bond acceptors (Lipinski definition) is 5. The maximum atomic E-state index is 13.0. The first kappa shape index (κ1) is 20.6. The van der Waals surface area contributed by atoms with Crippen molar-refractivity contribution in [2.24, 2.45) is 0 Å². The maximum absolute atomic E-state index is 13.0. The number of amides is 1. The van der Waals surface area contributed by atoms with Gasteiger partial charge in [0, 0.05) is 51.0 Å². The van der Waals surface area contributed by atoms with Gasteiger partial charge < -0.3 is 19.4 Å². The van der Waals surface area contributed by atoms with Crippen LogP contribution in [0.25, 0.3) is 0 Å². The number of piperazine rings is 1. The van der Waals surface area contributed by atoms with Gasteiger partial charge in [-0.15, -0.1) is 12.4 Å². The second-order valence-corrected chi connectivity index (χ2v) is 7.18. The zero-order valence-corrected chi connectivity index (χ0v) is 17.0. The molecule has 0 spiro atoms. The quantitative estimate of drug-likeness (QED) is 0.784. The highest BCUT2D eigenvalue weighted by Gasteiger charge is 2.31. The van der Waals surface area contributed by atoms with Crippen LogP contribution in [-0.2, 0) is 16.0 Å². The lowest BCUT2D eigenvalue weighted by atomic mass is 10.0. The summed E-state index contributed by atoms with van der Waals surface area (Å²) in [6.07, 6.45) is 3.60. The van der Waals surface area contributed by atoms with Crippen LogP contribution in [-0.4, -0.2) is 68.3 Å². The Kier molecular flexibility index (Phi) is 6.88. The van der Waals surface area contributed by atoms with Crippen molar-refractivity contribution in [2.45, 2.75) is 12.5 Å². The molecule has 3 heterocycles. The summed E-state index contributed by atoms with van der Waals surface area (Å²) < 4.78 is 5.87.